The summed E-state index contributed by atoms with van der Waals surface area (Å²) < 4.78 is 32.9. The van der Waals surface area contributed by atoms with Crippen LogP contribution in [0.15, 0.2) is 36.8 Å². The van der Waals surface area contributed by atoms with Crippen LogP contribution in [-0.2, 0) is 28.4 Å². The molecule has 0 aliphatic heterocycles. The van der Waals surface area contributed by atoms with Crippen molar-refractivity contribution < 1.29 is 28.4 Å². The summed E-state index contributed by atoms with van der Waals surface area (Å²) in [6.45, 7) is 14.5. The van der Waals surface area contributed by atoms with Gasteiger partial charge in [-0.3, -0.25) is 0 Å². The highest BCUT2D eigenvalue weighted by atomic mass is 16.5. The van der Waals surface area contributed by atoms with Gasteiger partial charge in [-0.15, -0.1) is 0 Å². The number of benzene rings is 1. The first kappa shape index (κ1) is 28.2. The number of hydrogen-bond donors (Lipinski definition) is 0. The van der Waals surface area contributed by atoms with Crippen molar-refractivity contribution in [1.29, 1.82) is 0 Å². The second-order valence-corrected chi connectivity index (χ2v) is 7.37. The molecule has 1 aromatic rings. The third-order valence-electron chi connectivity index (χ3n) is 4.45. The van der Waals surface area contributed by atoms with E-state index in [1.54, 1.807) is 12.5 Å². The van der Waals surface area contributed by atoms with E-state index in [1.165, 1.54) is 0 Å². The van der Waals surface area contributed by atoms with Crippen molar-refractivity contribution in [2.75, 3.05) is 66.1 Å². The molecule has 0 saturated carbocycles. The lowest BCUT2D eigenvalue weighted by Gasteiger charge is -2.08. The summed E-state index contributed by atoms with van der Waals surface area (Å²) in [5.41, 5.74) is 4.38. The van der Waals surface area contributed by atoms with Crippen LogP contribution in [0.4, 0.5) is 0 Å². The molecule has 32 heavy (non-hydrogen) atoms. The van der Waals surface area contributed by atoms with Crippen LogP contribution >= 0.6 is 0 Å². The van der Waals surface area contributed by atoms with Crippen LogP contribution in [0.25, 0.3) is 11.1 Å². The molecule has 0 fully saturated rings. The fraction of sp³-hybridized carbons (Fsp3) is 0.615. The molecule has 0 heterocycles. The summed E-state index contributed by atoms with van der Waals surface area (Å²) in [6, 6.07) is 8.34. The maximum Gasteiger partial charge on any atom is 0.111 e. The SMILES string of the molecule is CCCOCCOCCO/C=C(\C)c1ccc(/C(C)=C/OCCOCCOCCC)cc1. The molecular formula is C26H42O6. The first-order valence-corrected chi connectivity index (χ1v) is 11.7. The van der Waals surface area contributed by atoms with Gasteiger partial charge in [-0.25, -0.2) is 0 Å². The predicted molar refractivity (Wildman–Crippen MR) is 130 cm³/mol. The summed E-state index contributed by atoms with van der Waals surface area (Å²) in [5.74, 6) is 0. The van der Waals surface area contributed by atoms with Gasteiger partial charge in [0.05, 0.1) is 52.2 Å². The molecule has 0 unspecified atom stereocenters. The van der Waals surface area contributed by atoms with Crippen LogP contribution < -0.4 is 0 Å². The molecule has 0 radical (unpaired) electrons. The van der Waals surface area contributed by atoms with Crippen LogP contribution in [0.2, 0.25) is 0 Å². The molecule has 0 atom stereocenters. The van der Waals surface area contributed by atoms with E-state index in [0.717, 1.165) is 48.3 Å². The van der Waals surface area contributed by atoms with Crippen LogP contribution in [0.1, 0.15) is 51.7 Å². The van der Waals surface area contributed by atoms with Gasteiger partial charge in [-0.1, -0.05) is 38.1 Å². The van der Waals surface area contributed by atoms with Gasteiger partial charge in [-0.05, 0) is 49.0 Å². The van der Waals surface area contributed by atoms with E-state index in [2.05, 4.69) is 38.1 Å². The minimum Gasteiger partial charge on any atom is -0.498 e. The Morgan fingerprint density at radius 3 is 1.19 bits per heavy atom. The molecular weight excluding hydrogens is 408 g/mol. The number of hydrogen-bond acceptors (Lipinski definition) is 6. The molecule has 1 rings (SSSR count). The van der Waals surface area contributed by atoms with Crippen molar-refractivity contribution in [3.05, 3.63) is 47.9 Å². The fourth-order valence-electron chi connectivity index (χ4n) is 2.65. The molecule has 182 valence electrons. The molecule has 0 aliphatic carbocycles. The van der Waals surface area contributed by atoms with Crippen molar-refractivity contribution in [2.45, 2.75) is 40.5 Å². The van der Waals surface area contributed by atoms with Crippen LogP contribution in [0.5, 0.6) is 0 Å². The Morgan fingerprint density at radius 1 is 0.531 bits per heavy atom. The van der Waals surface area contributed by atoms with E-state index >= 15 is 0 Å². The Kier molecular flexibility index (Phi) is 17.4. The first-order valence-electron chi connectivity index (χ1n) is 11.7. The zero-order chi connectivity index (χ0) is 23.3. The van der Waals surface area contributed by atoms with Crippen molar-refractivity contribution in [2.24, 2.45) is 0 Å². The summed E-state index contributed by atoms with van der Waals surface area (Å²) in [5, 5.41) is 0. The summed E-state index contributed by atoms with van der Waals surface area (Å²) in [6.07, 6.45) is 5.63. The highest BCUT2D eigenvalue weighted by molar-refractivity contribution is 5.68. The number of rotatable bonds is 20. The van der Waals surface area contributed by atoms with Crippen molar-refractivity contribution in [3.63, 3.8) is 0 Å². The second-order valence-electron chi connectivity index (χ2n) is 7.37. The molecule has 0 amide bonds. The maximum absolute atomic E-state index is 5.59. The first-order chi connectivity index (χ1) is 15.7. The van der Waals surface area contributed by atoms with Gasteiger partial charge in [-0.2, -0.15) is 0 Å². The van der Waals surface area contributed by atoms with E-state index in [4.69, 9.17) is 28.4 Å². The third kappa shape index (κ3) is 14.2. The molecule has 1 aromatic carbocycles. The molecule has 0 N–H and O–H groups in total. The standard InChI is InChI=1S/C26H42O6/c1-5-11-27-13-15-29-17-19-31-21-23(3)25-7-9-26(10-8-25)24(4)22-32-20-18-30-16-14-28-12-6-2/h7-10,21-22H,5-6,11-20H2,1-4H3/b23-21+,24-22+. The monoisotopic (exact) mass is 450 g/mol. The Bertz CT molecular complexity index is 569. The molecule has 0 bridgehead atoms. The van der Waals surface area contributed by atoms with Gasteiger partial charge in [0.1, 0.15) is 13.2 Å². The molecule has 0 aliphatic rings. The average Bonchev–Trinajstić information content (AvgIpc) is 2.81. The molecule has 0 saturated heterocycles. The van der Waals surface area contributed by atoms with Gasteiger partial charge in [0, 0.05) is 13.2 Å². The van der Waals surface area contributed by atoms with E-state index in [9.17, 15) is 0 Å². The molecule has 6 nitrogen and oxygen atoms in total. The summed E-state index contributed by atoms with van der Waals surface area (Å²) >= 11 is 0. The zero-order valence-electron chi connectivity index (χ0n) is 20.4. The van der Waals surface area contributed by atoms with Gasteiger partial charge in [0.2, 0.25) is 0 Å². The third-order valence-corrected chi connectivity index (χ3v) is 4.45. The van der Waals surface area contributed by atoms with E-state index in [0.29, 0.717) is 52.9 Å². The van der Waals surface area contributed by atoms with Crippen molar-refractivity contribution in [1.82, 2.24) is 0 Å². The normalized spacial score (nSPS) is 12.2. The Labute approximate surface area is 194 Å². The van der Waals surface area contributed by atoms with E-state index < -0.39 is 0 Å². The quantitative estimate of drug-likeness (QED) is 0.198. The molecule has 6 heteroatoms. The number of allylic oxidation sites excluding steroid dienone is 2. The predicted octanol–water partition coefficient (Wildman–Crippen LogP) is 5.33. The van der Waals surface area contributed by atoms with E-state index in [-0.39, 0.29) is 0 Å². The highest BCUT2D eigenvalue weighted by Crippen LogP contribution is 2.19. The van der Waals surface area contributed by atoms with Crippen molar-refractivity contribution >= 4 is 11.1 Å². The maximum atomic E-state index is 5.59. The Balaban J connectivity index is 2.23. The minimum atomic E-state index is 0.526. The second kappa shape index (κ2) is 19.8. The Morgan fingerprint density at radius 2 is 0.844 bits per heavy atom. The molecule has 0 aromatic heterocycles. The summed E-state index contributed by atoms with van der Waals surface area (Å²) in [7, 11) is 0. The van der Waals surface area contributed by atoms with Crippen molar-refractivity contribution in [3.8, 4) is 0 Å². The fourth-order valence-corrected chi connectivity index (χ4v) is 2.65. The lowest BCUT2D eigenvalue weighted by atomic mass is 10.0. The summed E-state index contributed by atoms with van der Waals surface area (Å²) in [4.78, 5) is 0. The van der Waals surface area contributed by atoms with Gasteiger partial charge in [0.15, 0.2) is 0 Å². The van der Waals surface area contributed by atoms with Crippen LogP contribution in [-0.4, -0.2) is 66.1 Å². The average molecular weight is 451 g/mol. The van der Waals surface area contributed by atoms with Gasteiger partial charge >= 0.3 is 0 Å². The van der Waals surface area contributed by atoms with Crippen LogP contribution in [0, 0.1) is 0 Å². The topological polar surface area (TPSA) is 55.4 Å². The Hall–Kier alpha value is -1.86. The lowest BCUT2D eigenvalue weighted by Crippen LogP contribution is -2.08. The van der Waals surface area contributed by atoms with Crippen LogP contribution in [0.3, 0.4) is 0 Å². The van der Waals surface area contributed by atoms with E-state index in [1.807, 2.05) is 13.8 Å². The largest absolute Gasteiger partial charge is 0.498 e. The zero-order valence-corrected chi connectivity index (χ0v) is 20.4. The van der Waals surface area contributed by atoms with Gasteiger partial charge < -0.3 is 28.4 Å². The van der Waals surface area contributed by atoms with Gasteiger partial charge in [0.25, 0.3) is 0 Å². The minimum absolute atomic E-state index is 0.526. The number of ether oxygens (including phenoxy) is 6. The smallest absolute Gasteiger partial charge is 0.111 e. The molecule has 0 spiro atoms. The lowest BCUT2D eigenvalue weighted by molar-refractivity contribution is 0.0309. The highest BCUT2D eigenvalue weighted by Gasteiger charge is 2.00.